The molecule has 0 aliphatic carbocycles. The van der Waals surface area contributed by atoms with Gasteiger partial charge in [-0.1, -0.05) is 55.7 Å². The Morgan fingerprint density at radius 1 is 1.31 bits per heavy atom. The number of pyridine rings is 1. The minimum Gasteiger partial charge on any atom is -0.411 e. The van der Waals surface area contributed by atoms with Crippen LogP contribution in [0.25, 0.3) is 0 Å². The molecule has 2 aromatic rings. The zero-order valence-corrected chi connectivity index (χ0v) is 25.3. The first-order chi connectivity index (χ1) is 16.5. The number of sulfonamides is 1. The fraction of sp³-hybridized carbons (Fsp3) is 0.500. The largest absolute Gasteiger partial charge is 0.411 e. The lowest BCUT2D eigenvalue weighted by molar-refractivity contribution is -0.0433. The van der Waals surface area contributed by atoms with Gasteiger partial charge >= 0.3 is 0 Å². The Balaban J connectivity index is 2.00. The molecule has 1 aliphatic rings. The summed E-state index contributed by atoms with van der Waals surface area (Å²) >= 11 is 13.5. The highest BCUT2D eigenvalue weighted by Crippen LogP contribution is 2.44. The SMILES string of the molecule is CC(O[Si](C)(C)C(C)(C)C)[C@]1(O)CN(S(=O)(=O)c2ccc(C#N)cc2Cl)C[C@@H]1Sc1ccc(Cl)cn1. The Bertz CT molecular complexity index is 1260. The van der Waals surface area contributed by atoms with Gasteiger partial charge in [0.05, 0.1) is 38.1 Å². The van der Waals surface area contributed by atoms with Gasteiger partial charge in [-0.15, -0.1) is 0 Å². The number of halogens is 2. The number of aromatic nitrogens is 1. The maximum Gasteiger partial charge on any atom is 0.244 e. The van der Waals surface area contributed by atoms with Crippen LogP contribution < -0.4 is 0 Å². The summed E-state index contributed by atoms with van der Waals surface area (Å²) in [5, 5.41) is 21.5. The van der Waals surface area contributed by atoms with Crippen molar-refractivity contribution in [3.63, 3.8) is 0 Å². The van der Waals surface area contributed by atoms with Gasteiger partial charge in [-0.2, -0.15) is 9.57 Å². The van der Waals surface area contributed by atoms with Crippen molar-refractivity contribution in [2.75, 3.05) is 13.1 Å². The molecule has 196 valence electrons. The minimum atomic E-state index is -4.07. The number of hydrogen-bond donors (Lipinski definition) is 1. The minimum absolute atomic E-state index is 0.0232. The average molecular weight is 589 g/mol. The summed E-state index contributed by atoms with van der Waals surface area (Å²) in [7, 11) is -6.36. The van der Waals surface area contributed by atoms with E-state index in [0.29, 0.717) is 10.0 Å². The number of thioether (sulfide) groups is 1. The molecule has 2 heterocycles. The van der Waals surface area contributed by atoms with Crippen molar-refractivity contribution in [3.05, 3.63) is 52.1 Å². The van der Waals surface area contributed by atoms with Crippen molar-refractivity contribution in [3.8, 4) is 6.07 Å². The number of nitriles is 1. The molecule has 3 rings (SSSR count). The zero-order chi connectivity index (χ0) is 27.1. The van der Waals surface area contributed by atoms with E-state index in [1.165, 1.54) is 40.5 Å². The normalized spacial score (nSPS) is 22.4. The van der Waals surface area contributed by atoms with E-state index < -0.39 is 35.3 Å². The molecule has 7 nitrogen and oxygen atoms in total. The van der Waals surface area contributed by atoms with Gasteiger partial charge in [0.1, 0.15) is 10.5 Å². The Labute approximate surface area is 229 Å². The molecule has 3 atom stereocenters. The number of rotatable bonds is 7. The molecular formula is C24H31Cl2N3O4S2Si. The van der Waals surface area contributed by atoms with Gasteiger partial charge in [0.2, 0.25) is 10.0 Å². The predicted octanol–water partition coefficient (Wildman–Crippen LogP) is 5.57. The van der Waals surface area contributed by atoms with Crippen LogP contribution in [0.2, 0.25) is 28.2 Å². The summed E-state index contributed by atoms with van der Waals surface area (Å²) in [6.45, 7) is 12.2. The zero-order valence-electron chi connectivity index (χ0n) is 21.1. The van der Waals surface area contributed by atoms with Crippen LogP contribution in [-0.2, 0) is 14.4 Å². The molecule has 0 amide bonds. The summed E-state index contributed by atoms with van der Waals surface area (Å²) in [6.07, 6.45) is 0.859. The molecule has 36 heavy (non-hydrogen) atoms. The lowest BCUT2D eigenvalue weighted by Gasteiger charge is -2.43. The third kappa shape index (κ3) is 5.94. The van der Waals surface area contributed by atoms with Gasteiger partial charge in [-0.05, 0) is 55.4 Å². The van der Waals surface area contributed by atoms with Crippen molar-refractivity contribution >= 4 is 53.3 Å². The first-order valence-corrected chi connectivity index (χ1v) is 17.4. The first-order valence-electron chi connectivity index (χ1n) is 11.4. The van der Waals surface area contributed by atoms with Crippen LogP contribution in [0.3, 0.4) is 0 Å². The van der Waals surface area contributed by atoms with E-state index in [4.69, 9.17) is 32.9 Å². The molecule has 0 radical (unpaired) electrons. The summed E-state index contributed by atoms with van der Waals surface area (Å²) < 4.78 is 35.0. The highest BCUT2D eigenvalue weighted by Gasteiger charge is 2.55. The van der Waals surface area contributed by atoms with E-state index in [1.807, 2.05) is 6.07 Å². The second-order valence-electron chi connectivity index (χ2n) is 10.5. The highest BCUT2D eigenvalue weighted by atomic mass is 35.5. The third-order valence-electron chi connectivity index (χ3n) is 6.98. The molecule has 12 heteroatoms. The fourth-order valence-electron chi connectivity index (χ4n) is 3.72. The molecule has 1 aromatic carbocycles. The summed E-state index contributed by atoms with van der Waals surface area (Å²) in [5.74, 6) is 0. The van der Waals surface area contributed by atoms with E-state index >= 15 is 0 Å². The van der Waals surface area contributed by atoms with Gasteiger partial charge in [0.15, 0.2) is 8.32 Å². The predicted molar refractivity (Wildman–Crippen MR) is 147 cm³/mol. The summed E-state index contributed by atoms with van der Waals surface area (Å²) in [5.41, 5.74) is -1.25. The van der Waals surface area contributed by atoms with Gasteiger partial charge in [0, 0.05) is 19.3 Å². The first kappa shape index (κ1) is 29.4. The van der Waals surface area contributed by atoms with Crippen LogP contribution in [-0.4, -0.2) is 61.2 Å². The Morgan fingerprint density at radius 2 is 1.97 bits per heavy atom. The standard InChI is InChI=1S/C24H31Cl2N3O4S2Si/c1-16(33-36(5,6)23(2,3)4)24(30)15-29(14-21(24)34-22-10-8-18(25)13-28-22)35(31,32)20-9-7-17(12-27)11-19(20)26/h7-11,13,16,21,30H,14-15H2,1-6H3/t16?,21-,24+/m0/s1. The second-order valence-corrected chi connectivity index (χ2v) is 19.2. The lowest BCUT2D eigenvalue weighted by Crippen LogP contribution is -2.56. The molecule has 1 aromatic heterocycles. The number of benzene rings is 1. The van der Waals surface area contributed by atoms with Crippen LogP contribution in [0.4, 0.5) is 0 Å². The molecule has 0 bridgehead atoms. The molecule has 0 spiro atoms. The van der Waals surface area contributed by atoms with Gasteiger partial charge < -0.3 is 9.53 Å². The maximum absolute atomic E-state index is 13.6. The second kappa shape index (κ2) is 10.5. The fourth-order valence-corrected chi connectivity index (χ4v) is 8.66. The van der Waals surface area contributed by atoms with Crippen molar-refractivity contribution in [1.82, 2.24) is 9.29 Å². The Kier molecular flexibility index (Phi) is 8.61. The van der Waals surface area contributed by atoms with Crippen molar-refractivity contribution < 1.29 is 18.0 Å². The molecule has 1 fully saturated rings. The van der Waals surface area contributed by atoms with Crippen LogP contribution in [0, 0.1) is 11.3 Å². The van der Waals surface area contributed by atoms with Gasteiger partial charge in [-0.3, -0.25) is 0 Å². The molecule has 1 aliphatic heterocycles. The molecular weight excluding hydrogens is 557 g/mol. The van der Waals surface area contributed by atoms with Crippen molar-refractivity contribution in [2.24, 2.45) is 0 Å². The van der Waals surface area contributed by atoms with E-state index in [-0.39, 0.29) is 33.6 Å². The number of hydrogen-bond acceptors (Lipinski definition) is 7. The van der Waals surface area contributed by atoms with E-state index in [0.717, 1.165) is 0 Å². The monoisotopic (exact) mass is 587 g/mol. The molecule has 1 N–H and O–H groups in total. The van der Waals surface area contributed by atoms with E-state index in [1.54, 1.807) is 19.1 Å². The van der Waals surface area contributed by atoms with Crippen LogP contribution in [0.1, 0.15) is 33.3 Å². The van der Waals surface area contributed by atoms with Crippen LogP contribution in [0.15, 0.2) is 46.5 Å². The average Bonchev–Trinajstić information content (AvgIpc) is 3.12. The third-order valence-corrected chi connectivity index (χ3v) is 15.4. The summed E-state index contributed by atoms with van der Waals surface area (Å²) in [6, 6.07) is 9.45. The topological polar surface area (TPSA) is 104 Å². The molecule has 0 saturated carbocycles. The van der Waals surface area contributed by atoms with Gasteiger partial charge in [0.25, 0.3) is 0 Å². The maximum atomic E-state index is 13.6. The number of aliphatic hydroxyl groups is 1. The smallest absolute Gasteiger partial charge is 0.244 e. The van der Waals surface area contributed by atoms with Crippen molar-refractivity contribution in [2.45, 2.75) is 72.7 Å². The molecule has 1 unspecified atom stereocenters. The quantitative estimate of drug-likeness (QED) is 0.422. The van der Waals surface area contributed by atoms with Crippen molar-refractivity contribution in [1.29, 1.82) is 5.26 Å². The number of nitrogens with zero attached hydrogens (tertiary/aromatic N) is 3. The highest BCUT2D eigenvalue weighted by molar-refractivity contribution is 8.00. The van der Waals surface area contributed by atoms with Gasteiger partial charge in [-0.25, -0.2) is 13.4 Å². The van der Waals surface area contributed by atoms with Crippen LogP contribution >= 0.6 is 35.0 Å². The number of β-amino-alcohol motifs (C(OH)–C–C–N with tert-alkyl or cyclic N) is 1. The van der Waals surface area contributed by atoms with E-state index in [2.05, 4.69) is 38.8 Å². The Morgan fingerprint density at radius 3 is 2.50 bits per heavy atom. The summed E-state index contributed by atoms with van der Waals surface area (Å²) in [4.78, 5) is 4.21. The lowest BCUT2D eigenvalue weighted by atomic mass is 9.97. The van der Waals surface area contributed by atoms with Crippen LogP contribution in [0.5, 0.6) is 0 Å². The van der Waals surface area contributed by atoms with E-state index in [9.17, 15) is 13.5 Å². The molecule has 1 saturated heterocycles. The Hall–Kier alpha value is -1.16.